The first-order chi connectivity index (χ1) is 6.01. The summed E-state index contributed by atoms with van der Waals surface area (Å²) < 4.78 is 0. The van der Waals surface area contributed by atoms with Crippen LogP contribution in [0.2, 0.25) is 0 Å². The molecule has 0 bridgehead atoms. The first-order valence-electron chi connectivity index (χ1n) is 4.39. The van der Waals surface area contributed by atoms with Crippen LogP contribution >= 0.6 is 23.2 Å². The Bertz CT molecular complexity index is 251. The van der Waals surface area contributed by atoms with Crippen LogP contribution < -0.4 is 0 Å². The Kier molecular flexibility index (Phi) is 4.17. The van der Waals surface area contributed by atoms with E-state index >= 15 is 0 Å². The number of hydrogen-bond donors (Lipinski definition) is 0. The van der Waals surface area contributed by atoms with Gasteiger partial charge < -0.3 is 0 Å². The van der Waals surface area contributed by atoms with E-state index in [0.29, 0.717) is 0 Å². The predicted octanol–water partition coefficient (Wildman–Crippen LogP) is 3.00. The van der Waals surface area contributed by atoms with Crippen molar-refractivity contribution < 1.29 is 9.59 Å². The third kappa shape index (κ3) is 2.96. The molecule has 0 N–H and O–H groups in total. The van der Waals surface area contributed by atoms with E-state index in [-0.39, 0.29) is 5.78 Å². The van der Waals surface area contributed by atoms with Gasteiger partial charge in [0.05, 0.1) is 5.41 Å². The SMILES string of the molecule is CC(C)(C)C(=O)C(Cl)C(C)(C)C(=O)Cl. The van der Waals surface area contributed by atoms with Gasteiger partial charge in [0.15, 0.2) is 5.78 Å². The van der Waals surface area contributed by atoms with Crippen molar-refractivity contribution in [1.29, 1.82) is 0 Å². The van der Waals surface area contributed by atoms with Crippen molar-refractivity contribution in [2.45, 2.75) is 40.0 Å². The highest BCUT2D eigenvalue weighted by molar-refractivity contribution is 6.65. The van der Waals surface area contributed by atoms with Crippen molar-refractivity contribution in [3.05, 3.63) is 0 Å². The van der Waals surface area contributed by atoms with Crippen molar-refractivity contribution in [3.63, 3.8) is 0 Å². The van der Waals surface area contributed by atoms with Crippen LogP contribution in [0.25, 0.3) is 0 Å². The van der Waals surface area contributed by atoms with Crippen LogP contribution in [0.1, 0.15) is 34.6 Å². The Morgan fingerprint density at radius 3 is 1.64 bits per heavy atom. The third-order valence-corrected chi connectivity index (χ3v) is 3.34. The predicted molar refractivity (Wildman–Crippen MR) is 58.7 cm³/mol. The zero-order chi connectivity index (χ0) is 11.7. The van der Waals surface area contributed by atoms with Gasteiger partial charge in [0, 0.05) is 5.41 Å². The molecule has 0 heterocycles. The summed E-state index contributed by atoms with van der Waals surface area (Å²) in [5, 5.41) is -1.47. The van der Waals surface area contributed by atoms with E-state index in [0.717, 1.165) is 0 Å². The van der Waals surface area contributed by atoms with Crippen LogP contribution in [0.15, 0.2) is 0 Å². The molecule has 0 saturated heterocycles. The van der Waals surface area contributed by atoms with Gasteiger partial charge >= 0.3 is 0 Å². The number of rotatable bonds is 3. The Morgan fingerprint density at radius 1 is 1.07 bits per heavy atom. The van der Waals surface area contributed by atoms with Gasteiger partial charge in [0.2, 0.25) is 5.24 Å². The molecule has 0 aromatic rings. The second-order valence-electron chi connectivity index (χ2n) is 4.97. The van der Waals surface area contributed by atoms with Gasteiger partial charge in [0.25, 0.3) is 0 Å². The van der Waals surface area contributed by atoms with Gasteiger partial charge in [-0.2, -0.15) is 0 Å². The monoisotopic (exact) mass is 238 g/mol. The van der Waals surface area contributed by atoms with Crippen molar-refractivity contribution in [1.82, 2.24) is 0 Å². The van der Waals surface area contributed by atoms with Crippen LogP contribution in [0.5, 0.6) is 0 Å². The Labute approximate surface area is 95.0 Å². The lowest BCUT2D eigenvalue weighted by Crippen LogP contribution is -2.42. The molecule has 0 aliphatic carbocycles. The largest absolute Gasteiger partial charge is 0.297 e. The molecule has 82 valence electrons. The molecule has 0 saturated carbocycles. The van der Waals surface area contributed by atoms with E-state index in [1.165, 1.54) is 0 Å². The molecule has 0 spiro atoms. The van der Waals surface area contributed by atoms with Gasteiger partial charge in [-0.05, 0) is 25.4 Å². The molecule has 4 heteroatoms. The van der Waals surface area contributed by atoms with Gasteiger partial charge in [-0.25, -0.2) is 0 Å². The highest BCUT2D eigenvalue weighted by Gasteiger charge is 2.42. The smallest absolute Gasteiger partial charge is 0.229 e. The molecular weight excluding hydrogens is 223 g/mol. The minimum Gasteiger partial charge on any atom is -0.297 e. The summed E-state index contributed by atoms with van der Waals surface area (Å²) in [6.07, 6.45) is 0. The lowest BCUT2D eigenvalue weighted by atomic mass is 9.79. The highest BCUT2D eigenvalue weighted by Crippen LogP contribution is 2.33. The summed E-state index contributed by atoms with van der Waals surface area (Å²) in [6.45, 7) is 8.44. The summed E-state index contributed by atoms with van der Waals surface area (Å²) in [5.74, 6) is -0.168. The van der Waals surface area contributed by atoms with E-state index in [9.17, 15) is 9.59 Å². The molecule has 0 rings (SSSR count). The molecule has 14 heavy (non-hydrogen) atoms. The Hall–Kier alpha value is -0.0800. The first kappa shape index (κ1) is 13.9. The number of halogens is 2. The molecule has 0 aromatic heterocycles. The Morgan fingerprint density at radius 2 is 1.43 bits per heavy atom. The second kappa shape index (κ2) is 4.19. The fourth-order valence-corrected chi connectivity index (χ4v) is 1.40. The van der Waals surface area contributed by atoms with E-state index in [4.69, 9.17) is 23.2 Å². The van der Waals surface area contributed by atoms with Crippen LogP contribution in [0.4, 0.5) is 0 Å². The normalized spacial score (nSPS) is 15.1. The number of carbonyl (C=O) groups is 2. The highest BCUT2D eigenvalue weighted by atomic mass is 35.5. The zero-order valence-electron chi connectivity index (χ0n) is 9.15. The molecule has 0 amide bonds. The van der Waals surface area contributed by atoms with E-state index in [1.54, 1.807) is 34.6 Å². The number of hydrogen-bond acceptors (Lipinski definition) is 2. The molecular formula is C10H16Cl2O2. The summed E-state index contributed by atoms with van der Waals surface area (Å²) >= 11 is 11.3. The molecule has 1 atom stereocenters. The van der Waals surface area contributed by atoms with Gasteiger partial charge in [-0.1, -0.05) is 20.8 Å². The minimum absolute atomic E-state index is 0.168. The van der Waals surface area contributed by atoms with Gasteiger partial charge in [-0.3, -0.25) is 9.59 Å². The fourth-order valence-electron chi connectivity index (χ4n) is 0.808. The summed E-state index contributed by atoms with van der Waals surface area (Å²) in [7, 11) is 0. The molecule has 0 fully saturated rings. The standard InChI is InChI=1S/C10H16Cl2O2/c1-9(2,3)7(13)6(11)10(4,5)8(12)14/h6H,1-5H3. The summed E-state index contributed by atoms with van der Waals surface area (Å²) in [6, 6.07) is 0. The van der Waals surface area contributed by atoms with Crippen molar-refractivity contribution in [2.75, 3.05) is 0 Å². The molecule has 0 aliphatic heterocycles. The fraction of sp³-hybridized carbons (Fsp3) is 0.800. The number of Topliss-reactive ketones (excluding diaryl/α,β-unsaturated/α-hetero) is 1. The lowest BCUT2D eigenvalue weighted by molar-refractivity contribution is -0.131. The first-order valence-corrected chi connectivity index (χ1v) is 5.21. The molecule has 2 nitrogen and oxygen atoms in total. The number of carbonyl (C=O) groups excluding carboxylic acids is 2. The summed E-state index contributed by atoms with van der Waals surface area (Å²) in [4.78, 5) is 22.8. The number of ketones is 1. The molecule has 0 radical (unpaired) electrons. The maximum absolute atomic E-state index is 11.8. The minimum atomic E-state index is -1.02. The van der Waals surface area contributed by atoms with E-state index in [1.807, 2.05) is 0 Å². The maximum Gasteiger partial charge on any atom is 0.229 e. The van der Waals surface area contributed by atoms with E-state index in [2.05, 4.69) is 0 Å². The van der Waals surface area contributed by atoms with Crippen LogP contribution in [0, 0.1) is 10.8 Å². The van der Waals surface area contributed by atoms with Crippen molar-refractivity contribution >= 4 is 34.2 Å². The average molecular weight is 239 g/mol. The second-order valence-corrected chi connectivity index (χ2v) is 5.75. The van der Waals surface area contributed by atoms with Crippen molar-refractivity contribution in [2.24, 2.45) is 10.8 Å². The Balaban J connectivity index is 4.89. The van der Waals surface area contributed by atoms with E-state index < -0.39 is 21.4 Å². The van der Waals surface area contributed by atoms with Crippen LogP contribution in [-0.4, -0.2) is 16.4 Å². The lowest BCUT2D eigenvalue weighted by Gasteiger charge is -2.29. The molecule has 1 unspecified atom stereocenters. The molecule has 0 aliphatic rings. The topological polar surface area (TPSA) is 34.1 Å². The zero-order valence-corrected chi connectivity index (χ0v) is 10.7. The third-order valence-electron chi connectivity index (χ3n) is 2.11. The summed E-state index contributed by atoms with van der Waals surface area (Å²) in [5.41, 5.74) is -1.58. The average Bonchev–Trinajstić information content (AvgIpc) is 1.99. The van der Waals surface area contributed by atoms with Gasteiger partial charge in [0.1, 0.15) is 5.38 Å². The number of alkyl halides is 1. The van der Waals surface area contributed by atoms with Crippen LogP contribution in [0.3, 0.4) is 0 Å². The maximum atomic E-state index is 11.8. The molecule has 0 aromatic carbocycles. The quantitative estimate of drug-likeness (QED) is 0.560. The van der Waals surface area contributed by atoms with Gasteiger partial charge in [-0.15, -0.1) is 11.6 Å². The van der Waals surface area contributed by atoms with Crippen molar-refractivity contribution in [3.8, 4) is 0 Å². The van der Waals surface area contributed by atoms with Crippen LogP contribution in [-0.2, 0) is 9.59 Å².